The maximum Gasteiger partial charge on any atom is 0.123 e. The minimum atomic E-state index is -0.252. The molecule has 0 amide bonds. The summed E-state index contributed by atoms with van der Waals surface area (Å²) in [5.74, 6) is -0.252. The van der Waals surface area contributed by atoms with Crippen molar-refractivity contribution < 1.29 is 4.39 Å². The molecular weight excluding hydrogens is 272 g/mol. The molecule has 0 saturated heterocycles. The lowest BCUT2D eigenvalue weighted by atomic mass is 10.1. The fraction of sp³-hybridized carbons (Fsp3) is 0.143. The van der Waals surface area contributed by atoms with Gasteiger partial charge in [-0.2, -0.15) is 0 Å². The van der Waals surface area contributed by atoms with Crippen LogP contribution in [0.5, 0.6) is 0 Å². The van der Waals surface area contributed by atoms with E-state index in [0.29, 0.717) is 10.0 Å². The summed E-state index contributed by atoms with van der Waals surface area (Å²) >= 11 is 12.0. The number of halogens is 3. The molecule has 18 heavy (non-hydrogen) atoms. The van der Waals surface area contributed by atoms with Gasteiger partial charge in [-0.1, -0.05) is 41.4 Å². The number of benzene rings is 2. The van der Waals surface area contributed by atoms with E-state index in [2.05, 4.69) is 5.32 Å². The lowest BCUT2D eigenvalue weighted by molar-refractivity contribution is 0.623. The van der Waals surface area contributed by atoms with Crippen molar-refractivity contribution in [1.29, 1.82) is 0 Å². The Morgan fingerprint density at radius 3 is 2.56 bits per heavy atom. The van der Waals surface area contributed by atoms with Gasteiger partial charge in [0.15, 0.2) is 0 Å². The van der Waals surface area contributed by atoms with Gasteiger partial charge in [0.05, 0.1) is 15.7 Å². The lowest BCUT2D eigenvalue weighted by Crippen LogP contribution is -2.07. The van der Waals surface area contributed by atoms with Crippen molar-refractivity contribution in [1.82, 2.24) is 0 Å². The first kappa shape index (κ1) is 13.2. The molecule has 0 aliphatic heterocycles. The summed E-state index contributed by atoms with van der Waals surface area (Å²) in [5, 5.41) is 4.18. The van der Waals surface area contributed by atoms with Crippen LogP contribution < -0.4 is 5.32 Å². The molecular formula is C14H12Cl2FN. The van der Waals surface area contributed by atoms with E-state index >= 15 is 0 Å². The Morgan fingerprint density at radius 1 is 1.11 bits per heavy atom. The molecule has 0 aliphatic rings. The molecule has 2 aromatic rings. The molecule has 1 atom stereocenters. The second-order valence-corrected chi connectivity index (χ2v) is 4.81. The van der Waals surface area contributed by atoms with Crippen molar-refractivity contribution in [3.8, 4) is 0 Å². The number of anilines is 1. The number of nitrogens with one attached hydrogen (secondary N) is 1. The molecule has 94 valence electrons. The zero-order valence-electron chi connectivity index (χ0n) is 9.75. The average Bonchev–Trinajstić information content (AvgIpc) is 2.35. The molecule has 1 unspecified atom stereocenters. The minimum Gasteiger partial charge on any atom is -0.377 e. The second-order valence-electron chi connectivity index (χ2n) is 4.02. The highest BCUT2D eigenvalue weighted by molar-refractivity contribution is 6.43. The van der Waals surface area contributed by atoms with E-state index < -0.39 is 0 Å². The first-order chi connectivity index (χ1) is 8.58. The van der Waals surface area contributed by atoms with Gasteiger partial charge < -0.3 is 5.32 Å². The number of hydrogen-bond donors (Lipinski definition) is 1. The maximum absolute atomic E-state index is 13.1. The summed E-state index contributed by atoms with van der Waals surface area (Å²) in [7, 11) is 0. The van der Waals surface area contributed by atoms with Crippen LogP contribution in [0.25, 0.3) is 0 Å². The van der Waals surface area contributed by atoms with Crippen LogP contribution in [0.2, 0.25) is 10.0 Å². The number of hydrogen-bond acceptors (Lipinski definition) is 1. The Kier molecular flexibility index (Phi) is 4.10. The molecule has 0 bridgehead atoms. The summed E-state index contributed by atoms with van der Waals surface area (Å²) < 4.78 is 13.1. The maximum atomic E-state index is 13.1. The van der Waals surface area contributed by atoms with Crippen LogP contribution >= 0.6 is 23.2 Å². The quantitative estimate of drug-likeness (QED) is 0.805. The van der Waals surface area contributed by atoms with Crippen LogP contribution in [-0.4, -0.2) is 0 Å². The van der Waals surface area contributed by atoms with Gasteiger partial charge in [-0.25, -0.2) is 4.39 Å². The van der Waals surface area contributed by atoms with Gasteiger partial charge in [-0.3, -0.25) is 0 Å². The first-order valence-electron chi connectivity index (χ1n) is 5.54. The van der Waals surface area contributed by atoms with Crippen LogP contribution in [-0.2, 0) is 0 Å². The van der Waals surface area contributed by atoms with Gasteiger partial charge in [-0.15, -0.1) is 0 Å². The third-order valence-corrected chi connectivity index (χ3v) is 3.49. The molecule has 4 heteroatoms. The molecule has 1 N–H and O–H groups in total. The fourth-order valence-corrected chi connectivity index (χ4v) is 2.06. The molecule has 1 nitrogen and oxygen atoms in total. The molecule has 0 saturated carbocycles. The largest absolute Gasteiger partial charge is 0.377 e. The Labute approximate surface area is 116 Å². The van der Waals surface area contributed by atoms with E-state index in [0.717, 1.165) is 11.3 Å². The zero-order chi connectivity index (χ0) is 13.1. The highest BCUT2D eigenvalue weighted by Gasteiger charge is 2.09. The summed E-state index contributed by atoms with van der Waals surface area (Å²) in [5.41, 5.74) is 1.59. The van der Waals surface area contributed by atoms with E-state index in [1.54, 1.807) is 12.1 Å². The van der Waals surface area contributed by atoms with Gasteiger partial charge in [0, 0.05) is 6.04 Å². The molecule has 0 spiro atoms. The highest BCUT2D eigenvalue weighted by Crippen LogP contribution is 2.32. The Balaban J connectivity index is 2.21. The van der Waals surface area contributed by atoms with E-state index in [9.17, 15) is 4.39 Å². The van der Waals surface area contributed by atoms with E-state index in [1.165, 1.54) is 12.1 Å². The van der Waals surface area contributed by atoms with Gasteiger partial charge >= 0.3 is 0 Å². The third-order valence-electron chi connectivity index (χ3n) is 2.67. The standard InChI is InChI=1S/C14H12Cl2FN/c1-9(10-4-2-5-11(17)8-10)18-13-7-3-6-12(15)14(13)16/h2-9,18H,1H3. The SMILES string of the molecule is CC(Nc1cccc(Cl)c1Cl)c1cccc(F)c1. The summed E-state index contributed by atoms with van der Waals surface area (Å²) in [6.07, 6.45) is 0. The van der Waals surface area contributed by atoms with Gasteiger partial charge in [0.2, 0.25) is 0 Å². The molecule has 0 aromatic heterocycles. The van der Waals surface area contributed by atoms with Crippen molar-refractivity contribution in [2.45, 2.75) is 13.0 Å². The van der Waals surface area contributed by atoms with Crippen LogP contribution in [0.4, 0.5) is 10.1 Å². The van der Waals surface area contributed by atoms with Gasteiger partial charge in [-0.05, 0) is 36.8 Å². The summed E-state index contributed by atoms with van der Waals surface area (Å²) in [6, 6.07) is 11.8. The molecule has 0 fully saturated rings. The molecule has 0 radical (unpaired) electrons. The van der Waals surface area contributed by atoms with E-state index in [4.69, 9.17) is 23.2 Å². The highest BCUT2D eigenvalue weighted by atomic mass is 35.5. The third kappa shape index (κ3) is 2.95. The van der Waals surface area contributed by atoms with Crippen molar-refractivity contribution in [3.63, 3.8) is 0 Å². The van der Waals surface area contributed by atoms with E-state index in [1.807, 2.05) is 25.1 Å². The van der Waals surface area contributed by atoms with Crippen molar-refractivity contribution >= 4 is 28.9 Å². The second kappa shape index (κ2) is 5.59. The summed E-state index contributed by atoms with van der Waals surface area (Å²) in [4.78, 5) is 0. The predicted octanol–water partition coefficient (Wildman–Crippen LogP) is 5.31. The fourth-order valence-electron chi connectivity index (χ4n) is 1.71. The molecule has 0 heterocycles. The predicted molar refractivity (Wildman–Crippen MR) is 74.9 cm³/mol. The monoisotopic (exact) mass is 283 g/mol. The van der Waals surface area contributed by atoms with E-state index in [-0.39, 0.29) is 11.9 Å². The number of rotatable bonds is 3. The minimum absolute atomic E-state index is 0.0586. The van der Waals surface area contributed by atoms with Crippen LogP contribution in [0.1, 0.15) is 18.5 Å². The molecule has 0 aliphatic carbocycles. The van der Waals surface area contributed by atoms with Crippen LogP contribution in [0.15, 0.2) is 42.5 Å². The van der Waals surface area contributed by atoms with Crippen molar-refractivity contribution in [3.05, 3.63) is 63.9 Å². The molecule has 2 aromatic carbocycles. The zero-order valence-corrected chi connectivity index (χ0v) is 11.3. The Bertz CT molecular complexity index is 557. The summed E-state index contributed by atoms with van der Waals surface area (Å²) in [6.45, 7) is 1.94. The Hall–Kier alpha value is -1.25. The van der Waals surface area contributed by atoms with Gasteiger partial charge in [0.25, 0.3) is 0 Å². The Morgan fingerprint density at radius 2 is 1.83 bits per heavy atom. The van der Waals surface area contributed by atoms with Gasteiger partial charge in [0.1, 0.15) is 5.82 Å². The lowest BCUT2D eigenvalue weighted by Gasteiger charge is -2.17. The van der Waals surface area contributed by atoms with Crippen molar-refractivity contribution in [2.75, 3.05) is 5.32 Å². The van der Waals surface area contributed by atoms with Crippen molar-refractivity contribution in [2.24, 2.45) is 0 Å². The van der Waals surface area contributed by atoms with Crippen LogP contribution in [0, 0.1) is 5.82 Å². The normalized spacial score (nSPS) is 12.2. The van der Waals surface area contributed by atoms with Crippen LogP contribution in [0.3, 0.4) is 0 Å². The smallest absolute Gasteiger partial charge is 0.123 e. The average molecular weight is 284 g/mol. The topological polar surface area (TPSA) is 12.0 Å². The molecule has 2 rings (SSSR count). The first-order valence-corrected chi connectivity index (χ1v) is 6.29.